The van der Waals surface area contributed by atoms with E-state index in [-0.39, 0.29) is 16.5 Å². The Morgan fingerprint density at radius 1 is 1.17 bits per heavy atom. The number of ether oxygens (including phenoxy) is 2. The van der Waals surface area contributed by atoms with Gasteiger partial charge in [-0.3, -0.25) is 4.79 Å². The Bertz CT molecular complexity index is 1000. The van der Waals surface area contributed by atoms with E-state index in [1.807, 2.05) is 12.1 Å². The molecule has 0 spiro atoms. The summed E-state index contributed by atoms with van der Waals surface area (Å²) in [6.45, 7) is 0. The largest absolute Gasteiger partial charge is 0.497 e. The predicted octanol–water partition coefficient (Wildman–Crippen LogP) is 4.48. The zero-order valence-electron chi connectivity index (χ0n) is 16.6. The summed E-state index contributed by atoms with van der Waals surface area (Å²) < 4.78 is 10.2. The van der Waals surface area contributed by atoms with Gasteiger partial charge in [-0.15, -0.1) is 11.6 Å². The Morgan fingerprint density at radius 3 is 2.52 bits per heavy atom. The molecule has 4 aliphatic carbocycles. The first-order valence-electron chi connectivity index (χ1n) is 10.1. The van der Waals surface area contributed by atoms with Crippen molar-refractivity contribution in [1.82, 2.24) is 4.98 Å². The first kappa shape index (κ1) is 18.8. The Morgan fingerprint density at radius 2 is 1.90 bits per heavy atom. The highest BCUT2D eigenvalue weighted by atomic mass is 35.5. The van der Waals surface area contributed by atoms with Crippen molar-refractivity contribution < 1.29 is 19.1 Å². The molecule has 2 aromatic rings. The highest BCUT2D eigenvalue weighted by Gasteiger charge is 2.60. The number of methoxy groups -OCH3 is 2. The van der Waals surface area contributed by atoms with Crippen molar-refractivity contribution in [2.75, 3.05) is 19.5 Å². The van der Waals surface area contributed by atoms with Crippen molar-refractivity contribution in [3.05, 3.63) is 23.9 Å². The van der Waals surface area contributed by atoms with E-state index in [2.05, 4.69) is 10.3 Å². The summed E-state index contributed by atoms with van der Waals surface area (Å²) in [4.78, 5) is 28.8. The molecule has 2 unspecified atom stereocenters. The Labute approximate surface area is 174 Å². The van der Waals surface area contributed by atoms with Crippen LogP contribution in [-0.4, -0.2) is 36.0 Å². The topological polar surface area (TPSA) is 80.4 Å². The van der Waals surface area contributed by atoms with Crippen LogP contribution in [0, 0.1) is 17.3 Å². The maximum Gasteiger partial charge on any atom is 0.356 e. The van der Waals surface area contributed by atoms with Crippen LogP contribution >= 0.6 is 11.6 Å². The number of nitrogens with one attached hydrogen (secondary N) is 2. The second-order valence-electron chi connectivity index (χ2n) is 9.12. The molecule has 1 aromatic heterocycles. The second-order valence-corrected chi connectivity index (χ2v) is 9.93. The quantitative estimate of drug-likeness (QED) is 0.568. The van der Waals surface area contributed by atoms with Gasteiger partial charge >= 0.3 is 5.97 Å². The third-order valence-electron chi connectivity index (χ3n) is 7.11. The van der Waals surface area contributed by atoms with Crippen LogP contribution in [0.3, 0.4) is 0 Å². The molecule has 1 amide bonds. The Kier molecular flexibility index (Phi) is 4.14. The van der Waals surface area contributed by atoms with E-state index in [0.717, 1.165) is 31.1 Å². The summed E-state index contributed by atoms with van der Waals surface area (Å²) in [6.07, 6.45) is 5.69. The van der Waals surface area contributed by atoms with Crippen LogP contribution in [0.15, 0.2) is 18.2 Å². The SMILES string of the molecule is COC(=O)c1[nH]c2cc(OC)ccc2c1NC(=O)C12C[C@@H]3C[C@@H](CC(Cl)(C3)C1)C2. The zero-order valence-corrected chi connectivity index (χ0v) is 17.4. The molecule has 4 bridgehead atoms. The smallest absolute Gasteiger partial charge is 0.356 e. The molecule has 6 rings (SSSR count). The van der Waals surface area contributed by atoms with E-state index >= 15 is 0 Å². The average Bonchev–Trinajstić information content (AvgIpc) is 3.03. The number of aromatic nitrogens is 1. The van der Waals surface area contributed by atoms with Crippen LogP contribution in [0.1, 0.15) is 49.0 Å². The molecule has 0 aliphatic heterocycles. The van der Waals surface area contributed by atoms with Gasteiger partial charge in [0.1, 0.15) is 11.4 Å². The minimum absolute atomic E-state index is 0.0292. The summed E-state index contributed by atoms with van der Waals surface area (Å²) in [6, 6.07) is 5.46. The van der Waals surface area contributed by atoms with Crippen LogP contribution in [0.25, 0.3) is 10.9 Å². The minimum Gasteiger partial charge on any atom is -0.497 e. The third-order valence-corrected chi connectivity index (χ3v) is 7.55. The van der Waals surface area contributed by atoms with Crippen LogP contribution in [-0.2, 0) is 9.53 Å². The second kappa shape index (κ2) is 6.39. The van der Waals surface area contributed by atoms with Gasteiger partial charge in [0, 0.05) is 16.3 Å². The molecule has 29 heavy (non-hydrogen) atoms. The number of esters is 1. The molecule has 7 heteroatoms. The summed E-state index contributed by atoms with van der Waals surface area (Å²) in [5, 5.41) is 3.84. The molecule has 2 N–H and O–H groups in total. The van der Waals surface area contributed by atoms with E-state index in [4.69, 9.17) is 21.1 Å². The lowest BCUT2D eigenvalue weighted by molar-refractivity contribution is -0.138. The van der Waals surface area contributed by atoms with Crippen molar-refractivity contribution in [3.63, 3.8) is 0 Å². The molecule has 154 valence electrons. The van der Waals surface area contributed by atoms with Crippen LogP contribution in [0.5, 0.6) is 5.75 Å². The van der Waals surface area contributed by atoms with Crippen molar-refractivity contribution >= 4 is 40.1 Å². The number of rotatable bonds is 4. The fourth-order valence-corrected chi connectivity index (χ4v) is 7.04. The highest BCUT2D eigenvalue weighted by molar-refractivity contribution is 6.24. The standard InChI is InChI=1S/C22H25ClN2O4/c1-28-14-3-4-15-16(6-14)24-18(19(26)29-2)17(15)25-20(27)21-7-12-5-13(8-21)10-22(23,9-12)11-21/h3-4,6,12-13,24H,5,7-11H2,1-2H3,(H,25,27)/t12-,13+,21?,22?. The third kappa shape index (κ3) is 2.91. The molecule has 4 aliphatic rings. The lowest BCUT2D eigenvalue weighted by Gasteiger charge is -2.59. The molecular weight excluding hydrogens is 392 g/mol. The van der Waals surface area contributed by atoms with Gasteiger partial charge in [0.15, 0.2) is 0 Å². The van der Waals surface area contributed by atoms with Gasteiger partial charge in [0.25, 0.3) is 0 Å². The first-order chi connectivity index (χ1) is 13.8. The first-order valence-corrected chi connectivity index (χ1v) is 10.5. The maximum atomic E-state index is 13.6. The minimum atomic E-state index is -0.519. The van der Waals surface area contributed by atoms with E-state index < -0.39 is 11.4 Å². The van der Waals surface area contributed by atoms with Gasteiger partial charge in [-0.25, -0.2) is 4.79 Å². The van der Waals surface area contributed by atoms with Crippen molar-refractivity contribution in [3.8, 4) is 5.75 Å². The van der Waals surface area contributed by atoms with Gasteiger partial charge in [-0.05, 0) is 62.5 Å². The summed E-state index contributed by atoms with van der Waals surface area (Å²) in [5.41, 5.74) is 0.975. The molecule has 0 saturated heterocycles. The van der Waals surface area contributed by atoms with Crippen LogP contribution in [0.4, 0.5) is 5.69 Å². The summed E-state index contributed by atoms with van der Waals surface area (Å²) >= 11 is 6.90. The van der Waals surface area contributed by atoms with Gasteiger partial charge in [-0.2, -0.15) is 0 Å². The maximum absolute atomic E-state index is 13.6. The predicted molar refractivity (Wildman–Crippen MR) is 111 cm³/mol. The van der Waals surface area contributed by atoms with E-state index in [1.54, 1.807) is 13.2 Å². The fourth-order valence-electron chi connectivity index (χ4n) is 6.35. The number of halogens is 1. The number of H-pyrrole nitrogens is 1. The normalized spacial score (nSPS) is 32.4. The number of carbonyl (C=O) groups excluding carboxylic acids is 2. The van der Waals surface area contributed by atoms with Crippen molar-refractivity contribution in [2.45, 2.75) is 43.4 Å². The highest BCUT2D eigenvalue weighted by Crippen LogP contribution is 2.64. The summed E-state index contributed by atoms with van der Waals surface area (Å²) in [5.74, 6) is 1.16. The van der Waals surface area contributed by atoms with Gasteiger partial charge < -0.3 is 19.8 Å². The van der Waals surface area contributed by atoms with Crippen molar-refractivity contribution in [2.24, 2.45) is 17.3 Å². The van der Waals surface area contributed by atoms with E-state index in [0.29, 0.717) is 35.2 Å². The molecule has 1 aromatic carbocycles. The van der Waals surface area contributed by atoms with Gasteiger partial charge in [0.05, 0.1) is 30.8 Å². The monoisotopic (exact) mass is 416 g/mol. The van der Waals surface area contributed by atoms with E-state index in [1.165, 1.54) is 13.5 Å². The Balaban J connectivity index is 1.53. The zero-order chi connectivity index (χ0) is 20.4. The number of hydrogen-bond donors (Lipinski definition) is 2. The average molecular weight is 417 g/mol. The molecule has 1 heterocycles. The number of aromatic amines is 1. The number of hydrogen-bond acceptors (Lipinski definition) is 4. The number of fused-ring (bicyclic) bond motifs is 1. The van der Waals surface area contributed by atoms with E-state index in [9.17, 15) is 9.59 Å². The van der Waals surface area contributed by atoms with Gasteiger partial charge in [0.2, 0.25) is 5.91 Å². The fraction of sp³-hybridized carbons (Fsp3) is 0.545. The molecule has 6 nitrogen and oxygen atoms in total. The number of amides is 1. The summed E-state index contributed by atoms with van der Waals surface area (Å²) in [7, 11) is 2.92. The lowest BCUT2D eigenvalue weighted by atomic mass is 9.49. The number of carbonyl (C=O) groups is 2. The van der Waals surface area contributed by atoms with Gasteiger partial charge in [-0.1, -0.05) is 0 Å². The van der Waals surface area contributed by atoms with Crippen LogP contribution < -0.4 is 10.1 Å². The number of anilines is 1. The molecule has 4 atom stereocenters. The number of benzene rings is 1. The molecule has 4 fully saturated rings. The lowest BCUT2D eigenvalue weighted by Crippen LogP contribution is -2.57. The molecule has 4 saturated carbocycles. The van der Waals surface area contributed by atoms with Crippen LogP contribution in [0.2, 0.25) is 0 Å². The number of alkyl halides is 1. The molecule has 0 radical (unpaired) electrons. The van der Waals surface area contributed by atoms with Crippen molar-refractivity contribution in [1.29, 1.82) is 0 Å². The Hall–Kier alpha value is -2.21. The molecular formula is C22H25ClN2O4.